The van der Waals surface area contributed by atoms with Crippen LogP contribution in [0.4, 0.5) is 14.5 Å². The van der Waals surface area contributed by atoms with Gasteiger partial charge in [-0.3, -0.25) is 4.79 Å². The normalized spacial score (nSPS) is 17.7. The number of fused-ring (bicyclic) bond motifs is 1. The van der Waals surface area contributed by atoms with E-state index in [1.54, 1.807) is 24.0 Å². The molecule has 0 fully saturated rings. The number of hydrogen-bond donors (Lipinski definition) is 1. The molecule has 2 unspecified atom stereocenters. The van der Waals surface area contributed by atoms with Crippen LogP contribution >= 0.6 is 0 Å². The van der Waals surface area contributed by atoms with Crippen molar-refractivity contribution >= 4 is 21.6 Å². The number of amides is 1. The molecule has 8 heteroatoms. The van der Waals surface area contributed by atoms with Crippen molar-refractivity contribution in [2.24, 2.45) is 0 Å². The number of carbonyl (C=O) groups is 1. The number of sulfonamides is 1. The van der Waals surface area contributed by atoms with E-state index < -0.39 is 27.7 Å². The van der Waals surface area contributed by atoms with Gasteiger partial charge in [-0.15, -0.1) is 0 Å². The van der Waals surface area contributed by atoms with Crippen LogP contribution in [-0.4, -0.2) is 20.4 Å². The number of carbonyl (C=O) groups excluding carboxylic acids is 1. The molecule has 1 amide bonds. The van der Waals surface area contributed by atoms with E-state index in [1.165, 1.54) is 19.1 Å². The number of nitrogens with zero attached hydrogens (tertiary/aromatic N) is 1. The summed E-state index contributed by atoms with van der Waals surface area (Å²) in [5, 5.41) is 0. The number of halogens is 2. The molecule has 1 heterocycles. The third kappa shape index (κ3) is 3.72. The van der Waals surface area contributed by atoms with Gasteiger partial charge in [0.15, 0.2) is 11.6 Å². The average Bonchev–Trinajstić information content (AvgIpc) is 2.91. The second-order valence-corrected chi connectivity index (χ2v) is 8.46. The Morgan fingerprint density at radius 1 is 1.19 bits per heavy atom. The topological polar surface area (TPSA) is 66.5 Å². The summed E-state index contributed by atoms with van der Waals surface area (Å²) in [7, 11) is -3.88. The van der Waals surface area contributed by atoms with Gasteiger partial charge in [0, 0.05) is 24.7 Å². The molecule has 0 saturated carbocycles. The Kier molecular flexibility index (Phi) is 5.05. The third-order valence-electron chi connectivity index (χ3n) is 4.69. The molecule has 0 spiro atoms. The molecule has 0 aromatic heterocycles. The number of hydrogen-bond acceptors (Lipinski definition) is 3. The summed E-state index contributed by atoms with van der Waals surface area (Å²) in [6.45, 7) is 4.93. The predicted octanol–water partition coefficient (Wildman–Crippen LogP) is 3.30. The maximum atomic E-state index is 13.4. The summed E-state index contributed by atoms with van der Waals surface area (Å²) in [4.78, 5) is 13.5. The van der Waals surface area contributed by atoms with Crippen LogP contribution in [0.3, 0.4) is 0 Å². The van der Waals surface area contributed by atoms with Crippen LogP contribution < -0.4 is 9.62 Å². The van der Waals surface area contributed by atoms with E-state index >= 15 is 0 Å². The molecule has 1 N–H and O–H groups in total. The predicted molar refractivity (Wildman–Crippen MR) is 97.9 cm³/mol. The lowest BCUT2D eigenvalue weighted by molar-refractivity contribution is -0.116. The van der Waals surface area contributed by atoms with Crippen molar-refractivity contribution in [1.82, 2.24) is 4.72 Å². The third-order valence-corrected chi connectivity index (χ3v) is 6.23. The summed E-state index contributed by atoms with van der Waals surface area (Å²) in [5.74, 6) is -2.12. The van der Waals surface area contributed by atoms with Crippen LogP contribution in [0, 0.1) is 11.6 Å². The van der Waals surface area contributed by atoms with E-state index in [0.717, 1.165) is 17.7 Å². The molecule has 3 rings (SSSR count). The minimum atomic E-state index is -3.88. The number of rotatable bonds is 4. The molecule has 0 aliphatic carbocycles. The smallest absolute Gasteiger partial charge is 0.241 e. The Bertz CT molecular complexity index is 1010. The zero-order chi connectivity index (χ0) is 19.9. The number of anilines is 1. The molecule has 1 aliphatic heterocycles. The molecular weight excluding hydrogens is 374 g/mol. The second kappa shape index (κ2) is 7.01. The van der Waals surface area contributed by atoms with Gasteiger partial charge in [-0.05, 0) is 61.7 Å². The fourth-order valence-corrected chi connectivity index (χ4v) is 4.69. The lowest BCUT2D eigenvalue weighted by Crippen LogP contribution is -2.33. The van der Waals surface area contributed by atoms with Gasteiger partial charge in [-0.2, -0.15) is 0 Å². The Labute approximate surface area is 157 Å². The molecule has 0 bridgehead atoms. The van der Waals surface area contributed by atoms with E-state index in [4.69, 9.17) is 0 Å². The monoisotopic (exact) mass is 394 g/mol. The van der Waals surface area contributed by atoms with Crippen molar-refractivity contribution in [2.45, 2.75) is 44.2 Å². The standard InChI is InChI=1S/C19H20F2N2O3S/c1-11-8-15-9-16(5-7-19(15)23(11)13(3)24)27(25,26)22-12(2)14-4-6-17(20)18(21)10-14/h4-7,9-12,22H,8H2,1-3H3. The molecular formula is C19H20F2N2O3S. The summed E-state index contributed by atoms with van der Waals surface area (Å²) < 4.78 is 54.4. The first kappa shape index (κ1) is 19.4. The quantitative estimate of drug-likeness (QED) is 0.865. The van der Waals surface area contributed by atoms with Gasteiger partial charge in [0.1, 0.15) is 0 Å². The Morgan fingerprint density at radius 2 is 1.89 bits per heavy atom. The Morgan fingerprint density at radius 3 is 2.52 bits per heavy atom. The Hall–Kier alpha value is -2.32. The number of nitrogens with one attached hydrogen (secondary N) is 1. The molecule has 1 aliphatic rings. The second-order valence-electron chi connectivity index (χ2n) is 6.75. The van der Waals surface area contributed by atoms with Gasteiger partial charge in [-0.1, -0.05) is 6.07 Å². The fraction of sp³-hybridized carbons (Fsp3) is 0.316. The number of benzene rings is 2. The van der Waals surface area contributed by atoms with Gasteiger partial charge in [0.05, 0.1) is 4.90 Å². The van der Waals surface area contributed by atoms with Gasteiger partial charge >= 0.3 is 0 Å². The van der Waals surface area contributed by atoms with Crippen LogP contribution in [0.25, 0.3) is 0 Å². The fourth-order valence-electron chi connectivity index (χ4n) is 3.41. The molecule has 5 nitrogen and oxygen atoms in total. The van der Waals surface area contributed by atoms with E-state index in [2.05, 4.69) is 4.72 Å². The lowest BCUT2D eigenvalue weighted by Gasteiger charge is -2.20. The maximum absolute atomic E-state index is 13.4. The highest BCUT2D eigenvalue weighted by Gasteiger charge is 2.30. The van der Waals surface area contributed by atoms with E-state index in [0.29, 0.717) is 17.7 Å². The molecule has 144 valence electrons. The van der Waals surface area contributed by atoms with Crippen LogP contribution in [-0.2, 0) is 21.2 Å². The van der Waals surface area contributed by atoms with Gasteiger partial charge in [0.2, 0.25) is 15.9 Å². The summed E-state index contributed by atoms with van der Waals surface area (Å²) in [5.41, 5.74) is 1.80. The summed E-state index contributed by atoms with van der Waals surface area (Å²) >= 11 is 0. The molecule has 0 saturated heterocycles. The van der Waals surface area contributed by atoms with Crippen molar-refractivity contribution in [1.29, 1.82) is 0 Å². The first-order valence-corrected chi connectivity index (χ1v) is 9.98. The van der Waals surface area contributed by atoms with Crippen LogP contribution in [0.1, 0.15) is 37.9 Å². The minimum Gasteiger partial charge on any atom is -0.309 e. The zero-order valence-corrected chi connectivity index (χ0v) is 16.0. The molecule has 2 aromatic rings. The Balaban J connectivity index is 1.86. The van der Waals surface area contributed by atoms with Crippen LogP contribution in [0.5, 0.6) is 0 Å². The highest BCUT2D eigenvalue weighted by Crippen LogP contribution is 2.34. The zero-order valence-electron chi connectivity index (χ0n) is 15.2. The molecule has 0 radical (unpaired) electrons. The van der Waals surface area contributed by atoms with Crippen LogP contribution in [0.2, 0.25) is 0 Å². The first-order valence-electron chi connectivity index (χ1n) is 8.50. The summed E-state index contributed by atoms with van der Waals surface area (Å²) in [6, 6.07) is 7.09. The molecule has 27 heavy (non-hydrogen) atoms. The SMILES string of the molecule is CC(=O)N1c2ccc(S(=O)(=O)NC(C)c3ccc(F)c(F)c3)cc2CC1C. The molecule has 2 atom stereocenters. The summed E-state index contributed by atoms with van der Waals surface area (Å²) in [6.07, 6.45) is 0.566. The highest BCUT2D eigenvalue weighted by atomic mass is 32.2. The van der Waals surface area contributed by atoms with Gasteiger partial charge < -0.3 is 4.90 Å². The van der Waals surface area contributed by atoms with Crippen molar-refractivity contribution in [3.05, 3.63) is 59.2 Å². The maximum Gasteiger partial charge on any atom is 0.241 e. The minimum absolute atomic E-state index is 0.0375. The van der Waals surface area contributed by atoms with E-state index in [9.17, 15) is 22.0 Å². The first-order chi connectivity index (χ1) is 12.6. The van der Waals surface area contributed by atoms with E-state index in [1.807, 2.05) is 6.92 Å². The largest absolute Gasteiger partial charge is 0.309 e. The van der Waals surface area contributed by atoms with E-state index in [-0.39, 0.29) is 16.8 Å². The highest BCUT2D eigenvalue weighted by molar-refractivity contribution is 7.89. The van der Waals surface area contributed by atoms with Crippen molar-refractivity contribution in [2.75, 3.05) is 4.90 Å². The van der Waals surface area contributed by atoms with Gasteiger partial charge in [0.25, 0.3) is 0 Å². The van der Waals surface area contributed by atoms with Crippen molar-refractivity contribution in [3.63, 3.8) is 0 Å². The van der Waals surface area contributed by atoms with Gasteiger partial charge in [-0.25, -0.2) is 21.9 Å². The molecule has 2 aromatic carbocycles. The van der Waals surface area contributed by atoms with Crippen molar-refractivity contribution in [3.8, 4) is 0 Å². The lowest BCUT2D eigenvalue weighted by atomic mass is 10.1. The van der Waals surface area contributed by atoms with Crippen LogP contribution in [0.15, 0.2) is 41.3 Å². The average molecular weight is 394 g/mol. The van der Waals surface area contributed by atoms with Crippen molar-refractivity contribution < 1.29 is 22.0 Å².